The van der Waals surface area contributed by atoms with Crippen molar-refractivity contribution in [1.82, 2.24) is 10.3 Å². The number of hydrogen-bond acceptors (Lipinski definition) is 3. The summed E-state index contributed by atoms with van der Waals surface area (Å²) in [5, 5.41) is 3.62. The Balaban J connectivity index is 0.000000329. The van der Waals surface area contributed by atoms with E-state index in [1.165, 1.54) is 324 Å². The molecule has 25 aliphatic rings. The minimum atomic E-state index is 0.299. The van der Waals surface area contributed by atoms with Crippen LogP contribution in [0.2, 0.25) is 0 Å². The summed E-state index contributed by atoms with van der Waals surface area (Å²) >= 11 is 0. The number of Topliss-reactive ketones (excluding diaryl/α,β-unsaturated/α-hetero) is 1. The minimum Gasteiger partial charge on any atom is -0.314 e. The van der Waals surface area contributed by atoms with Gasteiger partial charge in [0.15, 0.2) is 5.78 Å². The highest BCUT2D eigenvalue weighted by Crippen LogP contribution is 2.54. The first-order valence-corrected chi connectivity index (χ1v) is 66.1. The van der Waals surface area contributed by atoms with Crippen molar-refractivity contribution in [2.45, 2.75) is 582 Å². The number of ketones is 1. The van der Waals surface area contributed by atoms with E-state index in [0.29, 0.717) is 24.0 Å². The van der Waals surface area contributed by atoms with Gasteiger partial charge in [0.05, 0.1) is 0 Å². The summed E-state index contributed by atoms with van der Waals surface area (Å²) in [6.07, 6.45) is 103. The van der Waals surface area contributed by atoms with Gasteiger partial charge in [0.25, 0.3) is 0 Å². The highest BCUT2D eigenvalue weighted by molar-refractivity contribution is 6.01. The van der Waals surface area contributed by atoms with E-state index in [0.717, 1.165) is 53.0 Å². The predicted octanol–water partition coefficient (Wildman–Crippen LogP) is 46.1. The summed E-state index contributed by atoms with van der Waals surface area (Å²) in [6.45, 7) is 49.7. The van der Waals surface area contributed by atoms with Crippen molar-refractivity contribution >= 4 is 5.78 Å². The van der Waals surface area contributed by atoms with Gasteiger partial charge in [-0.15, -0.1) is 0 Å². The maximum absolute atomic E-state index is 11.3. The van der Waals surface area contributed by atoms with Crippen molar-refractivity contribution in [3.8, 4) is 11.1 Å². The lowest BCUT2D eigenvalue weighted by Crippen LogP contribution is -2.42. The monoisotopic (exact) mass is 2030 g/mol. The molecule has 0 spiro atoms. The molecule has 24 aliphatic carbocycles. The molecule has 2 heterocycles. The standard InChI is InChI=1S/C14H12.C11H20.C11H18.C10H10O.C10H16.C10H18.C10H12.C9H17N.C9H11N.C9H10.2C7H12.C6H10.11C2H6/c1-10-11-6-2-4-8-13(11)14-9-5-3-7-12(10)14;2*1-4-10-6-2-7-11(5-1)9-3-8-10;1-7-6-10(11)9-5-3-2-4-8(7)9;1-7-2-9-4-8(1)5-10(3-7)6-9;2*1-2-6-10-8-4-3-7-9(10)5-1;2*1-2-6-9-8(4-1)5-3-7-10-9;1-2-5-9-7-3-6-8(9)4-1;1-2-7-4-3-6(1)5-7;1-2-6-4-7(3-1)5-6;1-2-4-6-5-3-1;11*1-2/h2-10H,1H3;10-11H,1-9H2;1,4,10-11H,2-3,5-9H2;2-5,7H,6H2,1H3;7-10H,1-6H2;9-10H,1-8H2;1-2,5-6H,3-4,7-8H2;8-10H,1-7H2;3,5,7H,1-2,4,6H2;1-2,4-5H,3,6-7H2;2*6-7H,1-5H2;1-2H,3-6H2;11*1-2H3. The zero-order chi connectivity index (χ0) is 108. The molecule has 148 heavy (non-hydrogen) atoms. The van der Waals surface area contributed by atoms with Crippen molar-refractivity contribution in [2.24, 2.45) is 88.8 Å². The fourth-order valence-corrected chi connectivity index (χ4v) is 28.6. The smallest absolute Gasteiger partial charge is 0.163 e. The number of rotatable bonds is 0. The molecule has 0 radical (unpaired) electrons. The largest absolute Gasteiger partial charge is 0.314 e. The average Bonchev–Trinajstić information content (AvgIpc) is 1.63. The first-order valence-electron chi connectivity index (χ1n) is 66.1. The van der Waals surface area contributed by atoms with Crippen molar-refractivity contribution < 1.29 is 4.79 Å². The SMILES string of the molecule is C1=CC2CCCC(C1)CCC2.C1=CCCCC1.C1C2CC3CC1CC(C2)C3.C1CC2CC(C1)C2.C1CC2CCC1C2.C1CC2CCCC(C1)CCC2.C1CCC2CCCCC2C1.C1CCC2NCCCC2C1.CC.CC.CC.CC.CC.CC.CC.CC.CC.CC.CC.CC1CC(=O)c2ccccc21.CC1c2ccccc2-c2ccccc21.c1ccc2c(c1)CCC2.c1ccc2c(c1)CCCC2.c1cnc2c(c1)CCCC2. The van der Waals surface area contributed by atoms with Crippen LogP contribution in [0.15, 0.2) is 164 Å². The quantitative estimate of drug-likeness (QED) is 0.154. The lowest BCUT2D eigenvalue weighted by atomic mass is 9.56. The number of nitrogens with one attached hydrogen (secondary N) is 1. The van der Waals surface area contributed by atoms with Gasteiger partial charge in [0.1, 0.15) is 0 Å². The van der Waals surface area contributed by atoms with Crippen LogP contribution in [0.3, 0.4) is 0 Å². The molecule has 3 heteroatoms. The second kappa shape index (κ2) is 86.6. The Labute approximate surface area is 922 Å². The van der Waals surface area contributed by atoms with E-state index in [9.17, 15) is 4.79 Å². The molecule has 1 aliphatic heterocycles. The van der Waals surface area contributed by atoms with Gasteiger partial charge in [-0.25, -0.2) is 0 Å². The van der Waals surface area contributed by atoms with Gasteiger partial charge in [0.2, 0.25) is 0 Å². The van der Waals surface area contributed by atoms with Crippen LogP contribution in [0.4, 0.5) is 0 Å². The molecular formula is C145H244N2O. The summed E-state index contributed by atoms with van der Waals surface area (Å²) in [7, 11) is 0. The minimum absolute atomic E-state index is 0.299. The first-order chi connectivity index (χ1) is 73.2. The number of allylic oxidation sites excluding steroid dienone is 4. The van der Waals surface area contributed by atoms with Crippen molar-refractivity contribution in [3.05, 3.63) is 220 Å². The molecule has 1 saturated heterocycles. The molecule has 6 aromatic rings. The first kappa shape index (κ1) is 135. The van der Waals surface area contributed by atoms with Crippen LogP contribution in [-0.2, 0) is 38.5 Å². The van der Waals surface area contributed by atoms with E-state index < -0.39 is 0 Å². The summed E-state index contributed by atoms with van der Waals surface area (Å²) in [5.74, 6) is 18.3. The van der Waals surface area contributed by atoms with Gasteiger partial charge in [-0.2, -0.15) is 0 Å². The summed E-state index contributed by atoms with van der Waals surface area (Å²) < 4.78 is 0. The third-order valence-corrected chi connectivity index (χ3v) is 35.6. The Hall–Kier alpha value is -5.64. The third-order valence-electron chi connectivity index (χ3n) is 35.6. The molecule has 3 unspecified atom stereocenters. The second-order valence-electron chi connectivity index (χ2n) is 44.8. The highest BCUT2D eigenvalue weighted by atomic mass is 16.1. The molecule has 1 N–H and O–H groups in total. The van der Waals surface area contributed by atoms with Crippen LogP contribution in [0.1, 0.15) is 598 Å². The van der Waals surface area contributed by atoms with Gasteiger partial charge in [0, 0.05) is 35.8 Å². The third kappa shape index (κ3) is 49.6. The predicted molar refractivity (Wildman–Crippen MR) is 664 cm³/mol. The molecule has 5 aromatic carbocycles. The number of carbonyl (C=O) groups excluding carboxylic acids is 1. The molecule has 1 aromatic heterocycles. The van der Waals surface area contributed by atoms with Crippen molar-refractivity contribution in [1.29, 1.82) is 0 Å². The lowest BCUT2D eigenvalue weighted by Gasteiger charge is -2.49. The molecule has 0 amide bonds. The van der Waals surface area contributed by atoms with E-state index in [4.69, 9.17) is 0 Å². The molecule has 3 atom stereocenters. The molecule has 31 rings (SSSR count). The highest BCUT2D eigenvalue weighted by Gasteiger charge is 2.42. The van der Waals surface area contributed by atoms with Crippen LogP contribution in [0.25, 0.3) is 11.1 Å². The number of fused-ring (bicyclic) bond motifs is 24. The van der Waals surface area contributed by atoms with Gasteiger partial charge in [-0.05, 0) is 362 Å². The van der Waals surface area contributed by atoms with E-state index in [1.54, 1.807) is 183 Å². The molecule has 840 valence electrons. The van der Waals surface area contributed by atoms with Gasteiger partial charge >= 0.3 is 0 Å². The van der Waals surface area contributed by atoms with E-state index in [-0.39, 0.29) is 0 Å². The van der Waals surface area contributed by atoms with Crippen LogP contribution in [0.5, 0.6) is 0 Å². The number of piperidine rings is 1. The molecular weight excluding hydrogens is 1790 g/mol. The Kier molecular flexibility index (Phi) is 78.8. The van der Waals surface area contributed by atoms with Crippen LogP contribution >= 0.6 is 0 Å². The number of benzene rings is 5. The zero-order valence-corrected chi connectivity index (χ0v) is 102. The van der Waals surface area contributed by atoms with Crippen LogP contribution in [0, 0.1) is 88.8 Å². The maximum Gasteiger partial charge on any atom is 0.163 e. The topological polar surface area (TPSA) is 42.0 Å². The van der Waals surface area contributed by atoms with E-state index in [1.807, 2.05) is 189 Å². The lowest BCUT2D eigenvalue weighted by molar-refractivity contribution is 0.0198. The van der Waals surface area contributed by atoms with Gasteiger partial charge in [-0.1, -0.05) is 510 Å². The number of pyridine rings is 1. The molecule has 17 fully saturated rings. The van der Waals surface area contributed by atoms with Crippen molar-refractivity contribution in [3.63, 3.8) is 0 Å². The van der Waals surface area contributed by atoms with Crippen LogP contribution in [-0.4, -0.2) is 23.4 Å². The number of aromatic nitrogens is 1. The summed E-state index contributed by atoms with van der Waals surface area (Å²) in [5.41, 5.74) is 17.0. The van der Waals surface area contributed by atoms with Gasteiger partial charge < -0.3 is 5.32 Å². The number of hydrogen-bond donors (Lipinski definition) is 1. The number of nitrogens with zero attached hydrogens (tertiary/aromatic N) is 1. The maximum atomic E-state index is 11.3. The van der Waals surface area contributed by atoms with Crippen LogP contribution < -0.4 is 5.32 Å². The Morgan fingerprint density at radius 2 is 0.574 bits per heavy atom. The fourth-order valence-electron chi connectivity index (χ4n) is 28.6. The summed E-state index contributed by atoms with van der Waals surface area (Å²) in [4.78, 5) is 15.6. The molecule has 16 saturated carbocycles. The molecule has 12 bridgehead atoms. The number of aryl methyl sites for hydroxylation is 6. The average molecular weight is 2030 g/mol. The summed E-state index contributed by atoms with van der Waals surface area (Å²) in [6, 6.07) is 48.0. The second-order valence-corrected chi connectivity index (χ2v) is 44.8. The Morgan fingerprint density at radius 3 is 0.946 bits per heavy atom. The Bertz CT molecular complexity index is 3770. The fraction of sp³-hybridized carbons (Fsp3) is 0.724. The van der Waals surface area contributed by atoms with Gasteiger partial charge in [-0.3, -0.25) is 9.78 Å². The normalized spacial score (nSPS) is 27.1. The number of carbonyl (C=O) groups is 1. The van der Waals surface area contributed by atoms with E-state index in [2.05, 4.69) is 152 Å². The molecule has 3 nitrogen and oxygen atoms in total. The van der Waals surface area contributed by atoms with Crippen molar-refractivity contribution in [2.75, 3.05) is 6.54 Å². The zero-order valence-electron chi connectivity index (χ0n) is 102. The Morgan fingerprint density at radius 1 is 0.250 bits per heavy atom. The van der Waals surface area contributed by atoms with E-state index >= 15 is 0 Å².